The van der Waals surface area contributed by atoms with Crippen LogP contribution < -0.4 is 10.6 Å². The average molecular weight is 234 g/mol. The summed E-state index contributed by atoms with van der Waals surface area (Å²) in [6.45, 7) is 8.09. The summed E-state index contributed by atoms with van der Waals surface area (Å²) in [6, 6.07) is 6.05. The highest BCUT2D eigenvalue weighted by molar-refractivity contribution is 6.00. The number of hydrogen-bond donors (Lipinski definition) is 1. The van der Waals surface area contributed by atoms with E-state index in [2.05, 4.69) is 25.7 Å². The maximum atomic E-state index is 11.4. The number of nitrogens with zero attached hydrogens (tertiary/aromatic N) is 1. The maximum Gasteiger partial charge on any atom is 0.161 e. The third kappa shape index (κ3) is 2.99. The topological polar surface area (TPSA) is 46.3 Å². The third-order valence-electron chi connectivity index (χ3n) is 3.40. The number of rotatable bonds is 4. The average Bonchev–Trinajstić information content (AvgIpc) is 2.27. The van der Waals surface area contributed by atoms with Crippen molar-refractivity contribution in [3.63, 3.8) is 0 Å². The molecular formula is C14H22N2O. The van der Waals surface area contributed by atoms with E-state index in [1.165, 1.54) is 0 Å². The van der Waals surface area contributed by atoms with Crippen LogP contribution in [-0.4, -0.2) is 18.9 Å². The second-order valence-corrected chi connectivity index (χ2v) is 4.92. The lowest BCUT2D eigenvalue weighted by Crippen LogP contribution is -2.33. The molecule has 1 aromatic rings. The number of hydrogen-bond acceptors (Lipinski definition) is 3. The molecule has 0 aliphatic heterocycles. The molecule has 0 heterocycles. The molecule has 0 spiro atoms. The van der Waals surface area contributed by atoms with Gasteiger partial charge in [-0.05, 0) is 38.0 Å². The fourth-order valence-corrected chi connectivity index (χ4v) is 1.75. The van der Waals surface area contributed by atoms with E-state index in [1.807, 2.05) is 19.2 Å². The summed E-state index contributed by atoms with van der Waals surface area (Å²) >= 11 is 0. The lowest BCUT2D eigenvalue weighted by Gasteiger charge is -2.30. The number of carbonyl (C=O) groups is 1. The Morgan fingerprint density at radius 1 is 1.29 bits per heavy atom. The Bertz CT molecular complexity index is 413. The van der Waals surface area contributed by atoms with Gasteiger partial charge in [-0.2, -0.15) is 0 Å². The van der Waals surface area contributed by atoms with Crippen molar-refractivity contribution in [2.75, 3.05) is 17.7 Å². The SMILES string of the molecule is CC(=O)c1cc(N(C)C(C)C(C)C)ccc1N. The van der Waals surface area contributed by atoms with Gasteiger partial charge in [0.1, 0.15) is 0 Å². The van der Waals surface area contributed by atoms with Gasteiger partial charge in [-0.1, -0.05) is 13.8 Å². The molecule has 3 heteroatoms. The molecule has 0 bridgehead atoms. The van der Waals surface area contributed by atoms with Gasteiger partial charge in [-0.25, -0.2) is 0 Å². The van der Waals surface area contributed by atoms with Crippen LogP contribution in [0.4, 0.5) is 11.4 Å². The van der Waals surface area contributed by atoms with E-state index in [0.29, 0.717) is 23.2 Å². The highest BCUT2D eigenvalue weighted by Gasteiger charge is 2.15. The van der Waals surface area contributed by atoms with E-state index in [9.17, 15) is 4.79 Å². The van der Waals surface area contributed by atoms with Crippen molar-refractivity contribution in [2.24, 2.45) is 5.92 Å². The molecule has 0 amide bonds. The molecule has 0 aliphatic carbocycles. The number of benzene rings is 1. The van der Waals surface area contributed by atoms with E-state index in [4.69, 9.17) is 5.73 Å². The summed E-state index contributed by atoms with van der Waals surface area (Å²) in [7, 11) is 2.04. The summed E-state index contributed by atoms with van der Waals surface area (Å²) in [5.41, 5.74) is 7.97. The summed E-state index contributed by atoms with van der Waals surface area (Å²) in [4.78, 5) is 13.6. The molecule has 0 aromatic heterocycles. The lowest BCUT2D eigenvalue weighted by molar-refractivity contribution is 0.101. The first kappa shape index (κ1) is 13.6. The molecule has 2 N–H and O–H groups in total. The van der Waals surface area contributed by atoms with E-state index in [0.717, 1.165) is 5.69 Å². The predicted octanol–water partition coefficient (Wildman–Crippen LogP) is 2.95. The van der Waals surface area contributed by atoms with Crippen molar-refractivity contribution >= 4 is 17.2 Å². The van der Waals surface area contributed by atoms with E-state index in [-0.39, 0.29) is 5.78 Å². The van der Waals surface area contributed by atoms with Gasteiger partial charge < -0.3 is 10.6 Å². The van der Waals surface area contributed by atoms with Crippen molar-refractivity contribution in [1.82, 2.24) is 0 Å². The smallest absolute Gasteiger partial charge is 0.161 e. The Kier molecular flexibility index (Phi) is 4.16. The zero-order valence-electron chi connectivity index (χ0n) is 11.3. The van der Waals surface area contributed by atoms with Crippen molar-refractivity contribution in [2.45, 2.75) is 33.7 Å². The van der Waals surface area contributed by atoms with Gasteiger partial charge >= 0.3 is 0 Å². The zero-order chi connectivity index (χ0) is 13.2. The Balaban J connectivity index is 3.07. The monoisotopic (exact) mass is 234 g/mol. The van der Waals surface area contributed by atoms with Crippen molar-refractivity contribution in [3.05, 3.63) is 23.8 Å². The molecule has 1 rings (SSSR count). The van der Waals surface area contributed by atoms with Gasteiger partial charge in [0, 0.05) is 30.0 Å². The first-order valence-electron chi connectivity index (χ1n) is 5.98. The molecule has 0 fully saturated rings. The molecule has 0 saturated carbocycles. The summed E-state index contributed by atoms with van der Waals surface area (Å²) in [5.74, 6) is 0.563. The predicted molar refractivity (Wildman–Crippen MR) is 73.6 cm³/mol. The minimum atomic E-state index is 0.00921. The second-order valence-electron chi connectivity index (χ2n) is 4.92. The van der Waals surface area contributed by atoms with Crippen LogP contribution in [0.1, 0.15) is 38.1 Å². The van der Waals surface area contributed by atoms with Crippen LogP contribution in [0, 0.1) is 5.92 Å². The Morgan fingerprint density at radius 3 is 2.35 bits per heavy atom. The van der Waals surface area contributed by atoms with E-state index >= 15 is 0 Å². The largest absolute Gasteiger partial charge is 0.398 e. The first-order valence-corrected chi connectivity index (χ1v) is 5.98. The van der Waals surface area contributed by atoms with Crippen LogP contribution in [0.5, 0.6) is 0 Å². The van der Waals surface area contributed by atoms with Crippen molar-refractivity contribution < 1.29 is 4.79 Å². The van der Waals surface area contributed by atoms with Crippen LogP contribution >= 0.6 is 0 Å². The number of anilines is 2. The van der Waals surface area contributed by atoms with Gasteiger partial charge in [0.15, 0.2) is 5.78 Å². The van der Waals surface area contributed by atoms with Crippen LogP contribution in [0.3, 0.4) is 0 Å². The standard InChI is InChI=1S/C14H22N2O/c1-9(2)10(3)16(5)12-6-7-14(15)13(8-12)11(4)17/h6-10H,15H2,1-5H3. The maximum absolute atomic E-state index is 11.4. The van der Waals surface area contributed by atoms with Crippen LogP contribution in [0.2, 0.25) is 0 Å². The number of carbonyl (C=O) groups excluding carboxylic acids is 1. The molecule has 3 nitrogen and oxygen atoms in total. The van der Waals surface area contributed by atoms with Gasteiger partial charge in [0.25, 0.3) is 0 Å². The molecule has 17 heavy (non-hydrogen) atoms. The Morgan fingerprint density at radius 2 is 1.88 bits per heavy atom. The molecule has 1 atom stereocenters. The quantitative estimate of drug-likeness (QED) is 0.643. The van der Waals surface area contributed by atoms with Crippen LogP contribution in [0.25, 0.3) is 0 Å². The number of Topliss-reactive ketones (excluding diaryl/α,β-unsaturated/α-hetero) is 1. The number of ketones is 1. The summed E-state index contributed by atoms with van der Waals surface area (Å²) in [5, 5.41) is 0. The Hall–Kier alpha value is -1.51. The molecule has 0 radical (unpaired) electrons. The van der Waals surface area contributed by atoms with E-state index in [1.54, 1.807) is 13.0 Å². The number of nitrogen functional groups attached to an aromatic ring is 1. The Labute approximate surface area is 104 Å². The van der Waals surface area contributed by atoms with Gasteiger partial charge in [0.05, 0.1) is 0 Å². The van der Waals surface area contributed by atoms with Gasteiger partial charge in [-0.3, -0.25) is 4.79 Å². The highest BCUT2D eigenvalue weighted by Crippen LogP contribution is 2.24. The molecule has 1 aromatic carbocycles. The molecule has 94 valence electrons. The number of nitrogens with two attached hydrogens (primary N) is 1. The molecule has 0 aliphatic rings. The minimum absolute atomic E-state index is 0.00921. The third-order valence-corrected chi connectivity index (χ3v) is 3.40. The van der Waals surface area contributed by atoms with Crippen molar-refractivity contribution in [1.29, 1.82) is 0 Å². The summed E-state index contributed by atoms with van der Waals surface area (Å²) < 4.78 is 0. The highest BCUT2D eigenvalue weighted by atomic mass is 16.1. The van der Waals surface area contributed by atoms with Crippen molar-refractivity contribution in [3.8, 4) is 0 Å². The van der Waals surface area contributed by atoms with Crippen LogP contribution in [-0.2, 0) is 0 Å². The summed E-state index contributed by atoms with van der Waals surface area (Å²) in [6.07, 6.45) is 0. The molecule has 1 unspecified atom stereocenters. The minimum Gasteiger partial charge on any atom is -0.398 e. The molecular weight excluding hydrogens is 212 g/mol. The lowest BCUT2D eigenvalue weighted by atomic mass is 10.0. The molecule has 0 saturated heterocycles. The van der Waals surface area contributed by atoms with Gasteiger partial charge in [0.2, 0.25) is 0 Å². The second kappa shape index (κ2) is 5.21. The van der Waals surface area contributed by atoms with Gasteiger partial charge in [-0.15, -0.1) is 0 Å². The first-order chi connectivity index (χ1) is 7.84. The fraction of sp³-hybridized carbons (Fsp3) is 0.500. The zero-order valence-corrected chi connectivity index (χ0v) is 11.3. The van der Waals surface area contributed by atoms with E-state index < -0.39 is 0 Å². The normalized spacial score (nSPS) is 12.6. The van der Waals surface area contributed by atoms with Crippen LogP contribution in [0.15, 0.2) is 18.2 Å². The fourth-order valence-electron chi connectivity index (χ4n) is 1.75.